The van der Waals surface area contributed by atoms with Gasteiger partial charge in [-0.25, -0.2) is 4.79 Å². The highest BCUT2D eigenvalue weighted by Gasteiger charge is 2.51. The zero-order chi connectivity index (χ0) is 20.0. The van der Waals surface area contributed by atoms with Crippen LogP contribution < -0.4 is 10.6 Å². The van der Waals surface area contributed by atoms with Crippen LogP contribution in [0.1, 0.15) is 42.5 Å². The number of rotatable bonds is 3. The molecule has 2 N–H and O–H groups in total. The third kappa shape index (κ3) is 3.43. The number of ketones is 1. The molecule has 150 valence electrons. The third-order valence-electron chi connectivity index (χ3n) is 7.38. The van der Waals surface area contributed by atoms with E-state index in [1.807, 2.05) is 12.2 Å². The molecule has 0 aromatic heterocycles. The molecule has 0 heterocycles. The Balaban J connectivity index is 1.25. The molecule has 1 unspecified atom stereocenters. The molecule has 5 heteroatoms. The fraction of sp³-hybridized carbons (Fsp3) is 0.458. The highest BCUT2D eigenvalue weighted by Crippen LogP contribution is 2.58. The SMILES string of the molecule is O=C(NC(=O)c1ccccc1)NC1=CC=CC(C2C3CC4CC(C3)CC2C4)C1=O. The average molecular weight is 390 g/mol. The number of hydrogen-bond donors (Lipinski definition) is 2. The van der Waals surface area contributed by atoms with Crippen LogP contribution in [0.3, 0.4) is 0 Å². The monoisotopic (exact) mass is 390 g/mol. The van der Waals surface area contributed by atoms with E-state index in [2.05, 4.69) is 10.6 Å². The van der Waals surface area contributed by atoms with Gasteiger partial charge in [0, 0.05) is 11.5 Å². The molecule has 0 aliphatic heterocycles. The van der Waals surface area contributed by atoms with Crippen molar-refractivity contribution in [2.75, 3.05) is 0 Å². The minimum absolute atomic E-state index is 0.0210. The predicted octanol–water partition coefficient (Wildman–Crippen LogP) is 3.84. The molecule has 5 nitrogen and oxygen atoms in total. The van der Waals surface area contributed by atoms with Crippen molar-refractivity contribution in [1.82, 2.24) is 10.6 Å². The van der Waals surface area contributed by atoms with Gasteiger partial charge in [-0.05, 0) is 79.9 Å². The van der Waals surface area contributed by atoms with Crippen LogP contribution >= 0.6 is 0 Å². The number of Topliss-reactive ketones (excluding diaryl/α,β-unsaturated/α-hetero) is 1. The lowest BCUT2D eigenvalue weighted by Gasteiger charge is -2.56. The van der Waals surface area contributed by atoms with Crippen LogP contribution in [-0.4, -0.2) is 17.7 Å². The molecule has 0 radical (unpaired) electrons. The largest absolute Gasteiger partial charge is 0.326 e. The molecule has 5 aliphatic carbocycles. The molecule has 4 fully saturated rings. The van der Waals surface area contributed by atoms with Gasteiger partial charge in [0.1, 0.15) is 0 Å². The number of carbonyl (C=O) groups is 3. The summed E-state index contributed by atoms with van der Waals surface area (Å²) >= 11 is 0. The summed E-state index contributed by atoms with van der Waals surface area (Å²) < 4.78 is 0. The Kier molecular flexibility index (Phi) is 4.61. The Morgan fingerprint density at radius 3 is 2.21 bits per heavy atom. The maximum Gasteiger partial charge on any atom is 0.326 e. The van der Waals surface area contributed by atoms with Gasteiger partial charge in [0.2, 0.25) is 0 Å². The van der Waals surface area contributed by atoms with Crippen molar-refractivity contribution < 1.29 is 14.4 Å². The van der Waals surface area contributed by atoms with Crippen molar-refractivity contribution in [3.8, 4) is 0 Å². The summed E-state index contributed by atoms with van der Waals surface area (Å²) in [5, 5.41) is 4.91. The van der Waals surface area contributed by atoms with Crippen molar-refractivity contribution in [2.24, 2.45) is 35.5 Å². The Morgan fingerprint density at radius 1 is 0.897 bits per heavy atom. The Hall–Kier alpha value is -2.69. The Labute approximate surface area is 170 Å². The zero-order valence-electron chi connectivity index (χ0n) is 16.3. The van der Waals surface area contributed by atoms with Gasteiger partial charge in [-0.2, -0.15) is 0 Å². The van der Waals surface area contributed by atoms with Crippen LogP contribution in [0.15, 0.2) is 54.3 Å². The molecule has 29 heavy (non-hydrogen) atoms. The van der Waals surface area contributed by atoms with Crippen molar-refractivity contribution in [1.29, 1.82) is 0 Å². The van der Waals surface area contributed by atoms with Crippen molar-refractivity contribution in [3.63, 3.8) is 0 Å². The second-order valence-corrected chi connectivity index (χ2v) is 9.14. The van der Waals surface area contributed by atoms with E-state index in [1.165, 1.54) is 32.1 Å². The van der Waals surface area contributed by atoms with Crippen molar-refractivity contribution in [3.05, 3.63) is 59.8 Å². The first-order chi connectivity index (χ1) is 14.1. The maximum atomic E-state index is 13.2. The molecule has 3 amide bonds. The highest BCUT2D eigenvalue weighted by molar-refractivity contribution is 6.07. The molecule has 1 atom stereocenters. The van der Waals surface area contributed by atoms with Gasteiger partial charge in [0.15, 0.2) is 5.78 Å². The van der Waals surface area contributed by atoms with E-state index in [1.54, 1.807) is 36.4 Å². The van der Waals surface area contributed by atoms with E-state index >= 15 is 0 Å². The normalized spacial score (nSPS) is 34.6. The molecule has 4 bridgehead atoms. The van der Waals surface area contributed by atoms with E-state index in [-0.39, 0.29) is 17.4 Å². The summed E-state index contributed by atoms with van der Waals surface area (Å²) in [5.74, 6) is 2.72. The Bertz CT molecular complexity index is 874. The molecule has 5 aliphatic rings. The van der Waals surface area contributed by atoms with Gasteiger partial charge in [0.05, 0.1) is 5.70 Å². The maximum absolute atomic E-state index is 13.2. The smallest absolute Gasteiger partial charge is 0.304 e. The first-order valence-electron chi connectivity index (χ1n) is 10.7. The first kappa shape index (κ1) is 18.3. The van der Waals surface area contributed by atoms with Crippen LogP contribution in [0, 0.1) is 35.5 Å². The van der Waals surface area contributed by atoms with E-state index in [0.717, 1.165) is 11.8 Å². The highest BCUT2D eigenvalue weighted by atomic mass is 16.2. The van der Waals surface area contributed by atoms with Gasteiger partial charge in [0.25, 0.3) is 5.91 Å². The van der Waals surface area contributed by atoms with Gasteiger partial charge < -0.3 is 5.32 Å². The van der Waals surface area contributed by atoms with Gasteiger partial charge in [-0.3, -0.25) is 14.9 Å². The first-order valence-corrected chi connectivity index (χ1v) is 10.7. The molecule has 1 aromatic carbocycles. The molecule has 1 aromatic rings. The number of amides is 3. The lowest BCUT2D eigenvalue weighted by atomic mass is 9.49. The second-order valence-electron chi connectivity index (χ2n) is 9.14. The number of imide groups is 1. The lowest BCUT2D eigenvalue weighted by Crippen LogP contribution is -2.50. The lowest BCUT2D eigenvalue weighted by molar-refractivity contribution is -0.126. The minimum atomic E-state index is -0.669. The average Bonchev–Trinajstić information content (AvgIpc) is 2.70. The number of hydrogen-bond acceptors (Lipinski definition) is 3. The van der Waals surface area contributed by atoms with Crippen LogP contribution in [0.5, 0.6) is 0 Å². The summed E-state index contributed by atoms with van der Waals surface area (Å²) in [6.07, 6.45) is 12.0. The van der Waals surface area contributed by atoms with Gasteiger partial charge in [-0.15, -0.1) is 0 Å². The van der Waals surface area contributed by atoms with E-state index in [0.29, 0.717) is 23.3 Å². The summed E-state index contributed by atoms with van der Waals surface area (Å²) in [6, 6.07) is 7.88. The second kappa shape index (κ2) is 7.29. The summed E-state index contributed by atoms with van der Waals surface area (Å²) in [6.45, 7) is 0. The number of urea groups is 1. The third-order valence-corrected chi connectivity index (χ3v) is 7.38. The number of nitrogens with one attached hydrogen (secondary N) is 2. The van der Waals surface area contributed by atoms with Crippen LogP contribution in [0.25, 0.3) is 0 Å². The fourth-order valence-corrected chi connectivity index (χ4v) is 6.50. The number of carbonyl (C=O) groups excluding carboxylic acids is 3. The van der Waals surface area contributed by atoms with Gasteiger partial charge >= 0.3 is 6.03 Å². The molecule has 0 saturated heterocycles. The minimum Gasteiger partial charge on any atom is -0.304 e. The van der Waals surface area contributed by atoms with Gasteiger partial charge in [-0.1, -0.05) is 30.4 Å². The van der Waals surface area contributed by atoms with Crippen LogP contribution in [0.4, 0.5) is 4.79 Å². The molecular weight excluding hydrogens is 364 g/mol. The molecule has 6 rings (SSSR count). The molecule has 4 saturated carbocycles. The van der Waals surface area contributed by atoms with E-state index in [4.69, 9.17) is 0 Å². The topological polar surface area (TPSA) is 75.3 Å². The molecule has 0 spiro atoms. The van der Waals surface area contributed by atoms with Crippen LogP contribution in [0.2, 0.25) is 0 Å². The van der Waals surface area contributed by atoms with E-state index < -0.39 is 11.9 Å². The summed E-state index contributed by atoms with van der Waals surface area (Å²) in [4.78, 5) is 37.7. The number of benzene rings is 1. The quantitative estimate of drug-likeness (QED) is 0.823. The summed E-state index contributed by atoms with van der Waals surface area (Å²) in [5.41, 5.74) is 0.683. The van der Waals surface area contributed by atoms with Crippen LogP contribution in [-0.2, 0) is 4.79 Å². The van der Waals surface area contributed by atoms with E-state index in [9.17, 15) is 14.4 Å². The fourth-order valence-electron chi connectivity index (χ4n) is 6.50. The number of allylic oxidation sites excluding steroid dienone is 4. The van der Waals surface area contributed by atoms with Crippen molar-refractivity contribution in [2.45, 2.75) is 32.1 Å². The summed E-state index contributed by atoms with van der Waals surface area (Å²) in [7, 11) is 0. The standard InChI is InChI=1S/C24H26N2O3/c27-22-19(21-17-10-14-9-15(12-17)13-18(21)11-14)7-4-8-20(22)25-24(29)26-23(28)16-5-2-1-3-6-16/h1-8,14-15,17-19,21H,9-13H2,(H2,25,26,28,29). The zero-order valence-corrected chi connectivity index (χ0v) is 16.3. The Morgan fingerprint density at radius 2 is 1.55 bits per heavy atom. The van der Waals surface area contributed by atoms with Crippen molar-refractivity contribution >= 4 is 17.7 Å². The predicted molar refractivity (Wildman–Crippen MR) is 109 cm³/mol. The molecular formula is C24H26N2O3.